The molecule has 0 unspecified atom stereocenters. The van der Waals surface area contributed by atoms with E-state index in [1.54, 1.807) is 0 Å². The van der Waals surface area contributed by atoms with Crippen molar-refractivity contribution in [3.05, 3.63) is 34.5 Å². The molecule has 13 heteroatoms. The number of halogens is 5. The van der Waals surface area contributed by atoms with Crippen LogP contribution < -0.4 is 16.4 Å². The van der Waals surface area contributed by atoms with Crippen LogP contribution in [0, 0.1) is 0 Å². The first-order valence-corrected chi connectivity index (χ1v) is 11.0. The van der Waals surface area contributed by atoms with Gasteiger partial charge in [0.05, 0.1) is 16.5 Å². The number of nitrogens with zero attached hydrogens (tertiary/aromatic N) is 1. The molecule has 0 bridgehead atoms. The first-order chi connectivity index (χ1) is 15.6. The van der Waals surface area contributed by atoms with E-state index in [1.165, 1.54) is 27.7 Å². The summed E-state index contributed by atoms with van der Waals surface area (Å²) in [7, 11) is 0. The molecule has 2 aromatic rings. The second kappa shape index (κ2) is 10.2. The fourth-order valence-corrected chi connectivity index (χ4v) is 3.88. The summed E-state index contributed by atoms with van der Waals surface area (Å²) in [6.45, 7) is 5.76. The number of primary amides is 1. The van der Waals surface area contributed by atoms with Crippen molar-refractivity contribution in [2.45, 2.75) is 64.4 Å². The van der Waals surface area contributed by atoms with E-state index >= 15 is 0 Å². The highest BCUT2D eigenvalue weighted by atomic mass is 32.1. The first kappa shape index (κ1) is 27.4. The molecule has 188 valence electrons. The lowest BCUT2D eigenvalue weighted by atomic mass is 10.0. The van der Waals surface area contributed by atoms with E-state index in [0.717, 1.165) is 18.2 Å². The number of nitrogens with two attached hydrogens (primary N) is 1. The number of anilines is 1. The summed E-state index contributed by atoms with van der Waals surface area (Å²) < 4.78 is 66.9. The lowest BCUT2D eigenvalue weighted by Crippen LogP contribution is -2.47. The summed E-state index contributed by atoms with van der Waals surface area (Å²) in [5.41, 5.74) is 2.58. The number of thiazole rings is 1. The van der Waals surface area contributed by atoms with Crippen LogP contribution in [0.25, 0.3) is 10.4 Å². The van der Waals surface area contributed by atoms with Crippen molar-refractivity contribution in [3.8, 4) is 10.4 Å². The third-order valence-electron chi connectivity index (χ3n) is 5.14. The summed E-state index contributed by atoms with van der Waals surface area (Å²) >= 11 is 0.622. The molecule has 0 aliphatic rings. The van der Waals surface area contributed by atoms with E-state index in [2.05, 4.69) is 15.6 Å². The molecule has 7 nitrogen and oxygen atoms in total. The van der Waals surface area contributed by atoms with Gasteiger partial charge in [-0.1, -0.05) is 13.0 Å². The van der Waals surface area contributed by atoms with Gasteiger partial charge < -0.3 is 21.5 Å². The van der Waals surface area contributed by atoms with Crippen molar-refractivity contribution in [2.75, 3.05) is 5.32 Å². The van der Waals surface area contributed by atoms with Crippen LogP contribution in [-0.4, -0.2) is 45.8 Å². The molecule has 0 spiro atoms. The zero-order valence-corrected chi connectivity index (χ0v) is 19.6. The van der Waals surface area contributed by atoms with Gasteiger partial charge in [0.1, 0.15) is 11.7 Å². The second-order valence-corrected chi connectivity index (χ2v) is 9.16. The minimum Gasteiger partial charge on any atom is -0.388 e. The number of amides is 2. The number of nitrogens with one attached hydrogen (secondary N) is 2. The first-order valence-electron chi connectivity index (χ1n) is 10.2. The van der Waals surface area contributed by atoms with Crippen LogP contribution in [0.2, 0.25) is 0 Å². The number of carbonyl (C=O) groups is 2. The van der Waals surface area contributed by atoms with Crippen molar-refractivity contribution in [3.63, 3.8) is 0 Å². The van der Waals surface area contributed by atoms with Crippen LogP contribution in [0.1, 0.15) is 66.4 Å². The second-order valence-electron chi connectivity index (χ2n) is 8.16. The molecular formula is C21H25F5N4O3S. The molecule has 1 heterocycles. The summed E-state index contributed by atoms with van der Waals surface area (Å²) in [4.78, 5) is 28.2. The van der Waals surface area contributed by atoms with Gasteiger partial charge >= 0.3 is 6.18 Å². The van der Waals surface area contributed by atoms with Crippen molar-refractivity contribution >= 4 is 28.8 Å². The third-order valence-corrected chi connectivity index (χ3v) is 6.23. The van der Waals surface area contributed by atoms with Crippen LogP contribution in [0.4, 0.5) is 27.6 Å². The number of hydrogen-bond donors (Lipinski definition) is 4. The van der Waals surface area contributed by atoms with E-state index in [1.807, 2.05) is 0 Å². The average Bonchev–Trinajstić information content (AvgIpc) is 3.16. The smallest absolute Gasteiger partial charge is 0.388 e. The van der Waals surface area contributed by atoms with Gasteiger partial charge in [-0.25, -0.2) is 13.8 Å². The van der Waals surface area contributed by atoms with E-state index in [0.29, 0.717) is 11.3 Å². The van der Waals surface area contributed by atoms with Crippen molar-refractivity contribution in [1.29, 1.82) is 0 Å². The van der Waals surface area contributed by atoms with Crippen LogP contribution in [0.15, 0.2) is 18.2 Å². The van der Waals surface area contributed by atoms with Crippen molar-refractivity contribution < 1.29 is 36.6 Å². The molecule has 1 aromatic heterocycles. The van der Waals surface area contributed by atoms with Gasteiger partial charge in [-0.05, 0) is 39.3 Å². The molecule has 0 aliphatic carbocycles. The van der Waals surface area contributed by atoms with Gasteiger partial charge in [-0.2, -0.15) is 13.2 Å². The minimum atomic E-state index is -4.59. The number of benzene rings is 1. The number of aromatic nitrogens is 1. The molecular weight excluding hydrogens is 483 g/mol. The Morgan fingerprint density at radius 3 is 2.32 bits per heavy atom. The van der Waals surface area contributed by atoms with Crippen LogP contribution in [0.3, 0.4) is 0 Å². The third kappa shape index (κ3) is 6.41. The monoisotopic (exact) mass is 508 g/mol. The van der Waals surface area contributed by atoms with E-state index in [4.69, 9.17) is 5.73 Å². The molecule has 0 saturated carbocycles. The van der Waals surface area contributed by atoms with Crippen LogP contribution in [-0.2, 0) is 0 Å². The Balaban J connectivity index is 2.51. The van der Waals surface area contributed by atoms with E-state index in [-0.39, 0.29) is 27.6 Å². The largest absolute Gasteiger partial charge is 0.408 e. The van der Waals surface area contributed by atoms with Crippen LogP contribution >= 0.6 is 11.3 Å². The quantitative estimate of drug-likeness (QED) is 0.373. The maximum Gasteiger partial charge on any atom is 0.408 e. The zero-order valence-electron chi connectivity index (χ0n) is 18.8. The maximum absolute atomic E-state index is 13.9. The van der Waals surface area contributed by atoms with Crippen LogP contribution in [0.5, 0.6) is 0 Å². The Morgan fingerprint density at radius 2 is 1.85 bits per heavy atom. The Morgan fingerprint density at radius 1 is 1.24 bits per heavy atom. The topological polar surface area (TPSA) is 117 Å². The van der Waals surface area contributed by atoms with Gasteiger partial charge in [0, 0.05) is 16.8 Å². The highest BCUT2D eigenvalue weighted by Gasteiger charge is 2.38. The number of hydrogen-bond acceptors (Lipinski definition) is 6. The zero-order chi connectivity index (χ0) is 26.0. The molecule has 0 saturated heterocycles. The van der Waals surface area contributed by atoms with Gasteiger partial charge in [-0.15, -0.1) is 11.3 Å². The molecule has 1 aromatic carbocycles. The highest BCUT2D eigenvalue weighted by Crippen LogP contribution is 2.39. The molecule has 0 radical (unpaired) electrons. The van der Waals surface area contributed by atoms with Gasteiger partial charge in [0.15, 0.2) is 5.01 Å². The predicted octanol–water partition coefficient (Wildman–Crippen LogP) is 4.49. The molecule has 0 fully saturated rings. The van der Waals surface area contributed by atoms with Gasteiger partial charge in [0.25, 0.3) is 18.2 Å². The van der Waals surface area contributed by atoms with Gasteiger partial charge in [-0.3, -0.25) is 9.59 Å². The summed E-state index contributed by atoms with van der Waals surface area (Å²) in [6, 6.07) is 0.479. The van der Waals surface area contributed by atoms with Crippen molar-refractivity contribution in [1.82, 2.24) is 10.3 Å². The predicted molar refractivity (Wildman–Crippen MR) is 118 cm³/mol. The molecule has 0 aliphatic heterocycles. The summed E-state index contributed by atoms with van der Waals surface area (Å²) in [5.74, 6) is -1.84. The molecule has 5 N–H and O–H groups in total. The van der Waals surface area contributed by atoms with E-state index in [9.17, 15) is 36.6 Å². The fraction of sp³-hybridized carbons (Fsp3) is 0.476. The van der Waals surface area contributed by atoms with Gasteiger partial charge in [0.2, 0.25) is 0 Å². The Bertz CT molecular complexity index is 1050. The molecule has 2 atom stereocenters. The number of rotatable bonds is 9. The maximum atomic E-state index is 13.9. The lowest BCUT2D eigenvalue weighted by molar-refractivity contribution is -0.142. The lowest BCUT2D eigenvalue weighted by Gasteiger charge is -2.26. The molecule has 2 amide bonds. The Labute approximate surface area is 196 Å². The normalized spacial score (nSPS) is 14.1. The van der Waals surface area contributed by atoms with Crippen molar-refractivity contribution in [2.24, 2.45) is 5.73 Å². The molecule has 34 heavy (non-hydrogen) atoms. The Kier molecular flexibility index (Phi) is 8.25. The average molecular weight is 509 g/mol. The number of aliphatic hydroxyl groups is 1. The SMILES string of the molecule is CC[C@H](Nc1ccc(-c2sc(C(=O)N[C@@H](C)C(C)(C)O)nc2C(N)=O)c(C(F)F)c1)C(F)(F)F. The number of carbonyl (C=O) groups excluding carboxylic acids is 2. The number of alkyl halides is 5. The highest BCUT2D eigenvalue weighted by molar-refractivity contribution is 7.17. The summed E-state index contributed by atoms with van der Waals surface area (Å²) in [5, 5.41) is 14.4. The Hall–Kier alpha value is -2.80. The fourth-order valence-electron chi connectivity index (χ4n) is 2.86. The molecule has 2 rings (SSSR count). The standard InChI is InChI=1S/C21H25F5N4O3S/c1-5-13(21(24,25)26)29-10-6-7-11(12(8-10)16(22)23)15-14(17(27)31)30-19(34-15)18(32)28-9(2)20(3,4)33/h6-9,13,16,29,33H,5H2,1-4H3,(H2,27,31)(H,28,32)/t9-,13-/m0/s1. The summed E-state index contributed by atoms with van der Waals surface area (Å²) in [6.07, 6.45) is -8.02. The minimum absolute atomic E-state index is 0.127. The van der Waals surface area contributed by atoms with E-state index < -0.39 is 53.4 Å².